The smallest absolute Gasteiger partial charge is 0.193 e. The maximum absolute atomic E-state index is 13.1. The van der Waals surface area contributed by atoms with Gasteiger partial charge in [-0.05, 0) is 69.6 Å². The van der Waals surface area contributed by atoms with E-state index in [4.69, 9.17) is 0 Å². The number of hydrogen-bond acceptors (Lipinski definition) is 3. The molecule has 0 amide bonds. The Morgan fingerprint density at radius 2 is 1.73 bits per heavy atom. The Bertz CT molecular complexity index is 572. The molecular formula is C20H32FN5. The fourth-order valence-corrected chi connectivity index (χ4v) is 3.90. The molecule has 1 aromatic carbocycles. The second kappa shape index (κ2) is 9.21. The highest BCUT2D eigenvalue weighted by atomic mass is 19.1. The first-order chi connectivity index (χ1) is 12.7. The maximum Gasteiger partial charge on any atom is 0.193 e. The van der Waals surface area contributed by atoms with E-state index >= 15 is 0 Å². The third kappa shape index (κ3) is 5.10. The summed E-state index contributed by atoms with van der Waals surface area (Å²) in [6.07, 6.45) is 3.85. The minimum Gasteiger partial charge on any atom is -0.368 e. The van der Waals surface area contributed by atoms with Crippen molar-refractivity contribution in [3.63, 3.8) is 0 Å². The number of piperazine rings is 1. The van der Waals surface area contributed by atoms with Gasteiger partial charge in [-0.2, -0.15) is 0 Å². The van der Waals surface area contributed by atoms with Gasteiger partial charge in [-0.3, -0.25) is 4.99 Å². The second-order valence-corrected chi connectivity index (χ2v) is 7.46. The lowest BCUT2D eigenvalue weighted by molar-refractivity contribution is 0.212. The molecule has 0 radical (unpaired) electrons. The maximum atomic E-state index is 13.1. The van der Waals surface area contributed by atoms with E-state index in [1.54, 1.807) is 0 Å². The van der Waals surface area contributed by atoms with Gasteiger partial charge in [-0.15, -0.1) is 0 Å². The molecule has 3 rings (SSSR count). The van der Waals surface area contributed by atoms with Crippen LogP contribution in [0.25, 0.3) is 0 Å². The van der Waals surface area contributed by atoms with Crippen LogP contribution >= 0.6 is 0 Å². The van der Waals surface area contributed by atoms with Crippen molar-refractivity contribution in [1.82, 2.24) is 15.1 Å². The molecule has 1 aromatic rings. The SMILES string of the molecule is CN=C(NCCC1CCN(C)CC1)N1CCN(c2ccc(F)cc2)CC1. The van der Waals surface area contributed by atoms with Crippen molar-refractivity contribution in [1.29, 1.82) is 0 Å². The van der Waals surface area contributed by atoms with E-state index in [0.717, 1.165) is 50.3 Å². The standard InChI is InChI=1S/C20H32FN5/c1-22-20(23-10-7-17-8-11-24(2)12-9-17)26-15-13-25(14-16-26)19-5-3-18(21)4-6-19/h3-6,17H,7-16H2,1-2H3,(H,22,23). The molecule has 2 aliphatic rings. The van der Waals surface area contributed by atoms with Gasteiger partial charge < -0.3 is 20.0 Å². The Hall–Kier alpha value is -1.82. The number of rotatable bonds is 4. The summed E-state index contributed by atoms with van der Waals surface area (Å²) >= 11 is 0. The van der Waals surface area contributed by atoms with Crippen molar-refractivity contribution in [2.24, 2.45) is 10.9 Å². The largest absolute Gasteiger partial charge is 0.368 e. The highest BCUT2D eigenvalue weighted by Gasteiger charge is 2.21. The molecule has 5 nitrogen and oxygen atoms in total. The first-order valence-electron chi connectivity index (χ1n) is 9.80. The minimum absolute atomic E-state index is 0.179. The number of anilines is 1. The predicted octanol–water partition coefficient (Wildman–Crippen LogP) is 2.25. The summed E-state index contributed by atoms with van der Waals surface area (Å²) in [5, 5.41) is 3.55. The average molecular weight is 362 g/mol. The number of likely N-dealkylation sites (tertiary alicyclic amines) is 1. The van der Waals surface area contributed by atoms with Gasteiger partial charge >= 0.3 is 0 Å². The summed E-state index contributed by atoms with van der Waals surface area (Å²) in [6, 6.07) is 6.79. The number of benzene rings is 1. The van der Waals surface area contributed by atoms with E-state index in [0.29, 0.717) is 0 Å². The lowest BCUT2D eigenvalue weighted by Crippen LogP contribution is -2.52. The number of guanidine groups is 1. The molecule has 0 spiro atoms. The van der Waals surface area contributed by atoms with Gasteiger partial charge in [0.15, 0.2) is 5.96 Å². The van der Waals surface area contributed by atoms with Crippen LogP contribution in [0.4, 0.5) is 10.1 Å². The summed E-state index contributed by atoms with van der Waals surface area (Å²) in [6.45, 7) is 7.19. The third-order valence-electron chi connectivity index (χ3n) is 5.66. The van der Waals surface area contributed by atoms with Gasteiger partial charge in [0.25, 0.3) is 0 Å². The van der Waals surface area contributed by atoms with Crippen molar-refractivity contribution in [3.05, 3.63) is 30.1 Å². The molecule has 0 saturated carbocycles. The van der Waals surface area contributed by atoms with Gasteiger partial charge in [0, 0.05) is 45.5 Å². The van der Waals surface area contributed by atoms with Crippen molar-refractivity contribution in [3.8, 4) is 0 Å². The highest BCUT2D eigenvalue weighted by molar-refractivity contribution is 5.80. The van der Waals surface area contributed by atoms with Crippen molar-refractivity contribution < 1.29 is 4.39 Å². The van der Waals surface area contributed by atoms with Gasteiger partial charge in [-0.1, -0.05) is 0 Å². The molecule has 0 aromatic heterocycles. The fourth-order valence-electron chi connectivity index (χ4n) is 3.90. The third-order valence-corrected chi connectivity index (χ3v) is 5.66. The molecule has 1 N–H and O–H groups in total. The molecule has 2 aliphatic heterocycles. The zero-order valence-electron chi connectivity index (χ0n) is 16.1. The molecule has 2 fully saturated rings. The van der Waals surface area contributed by atoms with Crippen LogP contribution in [0, 0.1) is 11.7 Å². The number of halogens is 1. The average Bonchev–Trinajstić information content (AvgIpc) is 2.68. The van der Waals surface area contributed by atoms with Crippen LogP contribution in [0.2, 0.25) is 0 Å². The van der Waals surface area contributed by atoms with Crippen LogP contribution < -0.4 is 10.2 Å². The monoisotopic (exact) mass is 361 g/mol. The molecule has 144 valence electrons. The van der Waals surface area contributed by atoms with Crippen LogP contribution in [-0.2, 0) is 0 Å². The lowest BCUT2D eigenvalue weighted by atomic mass is 9.94. The molecular weight excluding hydrogens is 329 g/mol. The number of nitrogens with one attached hydrogen (secondary N) is 1. The van der Waals surface area contributed by atoms with E-state index in [2.05, 4.69) is 32.1 Å². The summed E-state index contributed by atoms with van der Waals surface area (Å²) < 4.78 is 13.1. The van der Waals surface area contributed by atoms with Crippen molar-refractivity contribution in [2.75, 3.05) is 64.8 Å². The Balaban J connectivity index is 1.41. The van der Waals surface area contributed by atoms with E-state index in [1.807, 2.05) is 19.2 Å². The molecule has 2 saturated heterocycles. The summed E-state index contributed by atoms with van der Waals surface area (Å²) in [5.74, 6) is 1.67. The Labute approximate surface area is 156 Å². The van der Waals surface area contributed by atoms with Gasteiger partial charge in [-0.25, -0.2) is 4.39 Å². The first kappa shape index (κ1) is 19.0. The van der Waals surface area contributed by atoms with Crippen molar-refractivity contribution in [2.45, 2.75) is 19.3 Å². The Morgan fingerprint density at radius 1 is 1.08 bits per heavy atom. The zero-order chi connectivity index (χ0) is 18.4. The van der Waals surface area contributed by atoms with E-state index < -0.39 is 0 Å². The van der Waals surface area contributed by atoms with Gasteiger partial charge in [0.1, 0.15) is 5.82 Å². The van der Waals surface area contributed by atoms with Crippen LogP contribution in [0.5, 0.6) is 0 Å². The molecule has 0 aliphatic carbocycles. The molecule has 0 atom stereocenters. The van der Waals surface area contributed by atoms with Crippen LogP contribution in [0.1, 0.15) is 19.3 Å². The summed E-state index contributed by atoms with van der Waals surface area (Å²) in [4.78, 5) is 11.5. The van der Waals surface area contributed by atoms with E-state index in [-0.39, 0.29) is 5.82 Å². The molecule has 26 heavy (non-hydrogen) atoms. The molecule has 6 heteroatoms. The molecule has 0 unspecified atom stereocenters. The normalized spacial score (nSPS) is 20.5. The molecule has 2 heterocycles. The Kier molecular flexibility index (Phi) is 6.72. The van der Waals surface area contributed by atoms with Crippen LogP contribution in [-0.4, -0.2) is 75.7 Å². The summed E-state index contributed by atoms with van der Waals surface area (Å²) in [7, 11) is 4.08. The van der Waals surface area contributed by atoms with Crippen LogP contribution in [0.3, 0.4) is 0 Å². The van der Waals surface area contributed by atoms with Crippen LogP contribution in [0.15, 0.2) is 29.3 Å². The second-order valence-electron chi connectivity index (χ2n) is 7.46. The molecule has 0 bridgehead atoms. The fraction of sp³-hybridized carbons (Fsp3) is 0.650. The quantitative estimate of drug-likeness (QED) is 0.659. The lowest BCUT2D eigenvalue weighted by Gasteiger charge is -2.38. The Morgan fingerprint density at radius 3 is 2.35 bits per heavy atom. The van der Waals surface area contributed by atoms with E-state index in [1.165, 1.54) is 44.5 Å². The number of aliphatic imine (C=N–C) groups is 1. The summed E-state index contributed by atoms with van der Waals surface area (Å²) in [5.41, 5.74) is 1.09. The van der Waals surface area contributed by atoms with Gasteiger partial charge in [0.05, 0.1) is 0 Å². The van der Waals surface area contributed by atoms with Gasteiger partial charge in [0.2, 0.25) is 0 Å². The zero-order valence-corrected chi connectivity index (χ0v) is 16.1. The number of piperidine rings is 1. The predicted molar refractivity (Wildman–Crippen MR) is 106 cm³/mol. The van der Waals surface area contributed by atoms with E-state index in [9.17, 15) is 4.39 Å². The van der Waals surface area contributed by atoms with Crippen molar-refractivity contribution >= 4 is 11.6 Å². The highest BCUT2D eigenvalue weighted by Crippen LogP contribution is 2.19. The number of hydrogen-bond donors (Lipinski definition) is 1. The minimum atomic E-state index is -0.179. The number of nitrogens with zero attached hydrogens (tertiary/aromatic N) is 4. The topological polar surface area (TPSA) is 34.1 Å². The first-order valence-corrected chi connectivity index (χ1v) is 9.80.